The van der Waals surface area contributed by atoms with Crippen LogP contribution >= 0.6 is 34.8 Å². The van der Waals surface area contributed by atoms with E-state index in [1.165, 1.54) is 12.1 Å². The molecular weight excluding hydrogens is 433 g/mol. The molecule has 8 heteroatoms. The lowest BCUT2D eigenvalue weighted by molar-refractivity contribution is -0.120. The minimum atomic E-state index is -0.437. The Morgan fingerprint density at radius 2 is 1.66 bits per heavy atom. The van der Waals surface area contributed by atoms with Crippen molar-refractivity contribution in [2.75, 3.05) is 26.2 Å². The molecule has 2 N–H and O–H groups in total. The first-order valence-electron chi connectivity index (χ1n) is 9.35. The molecule has 0 heterocycles. The molecule has 2 aromatic rings. The minimum Gasteiger partial charge on any atom is -0.353 e. The zero-order valence-electron chi connectivity index (χ0n) is 16.3. The first-order valence-corrected chi connectivity index (χ1v) is 10.5. The molecule has 2 amide bonds. The van der Waals surface area contributed by atoms with Crippen molar-refractivity contribution in [2.24, 2.45) is 0 Å². The first-order chi connectivity index (χ1) is 13.9. The molecule has 0 aliphatic carbocycles. The Bertz CT molecular complexity index is 857. The zero-order chi connectivity index (χ0) is 21.4. The lowest BCUT2D eigenvalue weighted by atomic mass is 10.0. The van der Waals surface area contributed by atoms with Gasteiger partial charge in [0.05, 0.1) is 23.2 Å². The summed E-state index contributed by atoms with van der Waals surface area (Å²) >= 11 is 18.2. The Kier molecular flexibility index (Phi) is 9.24. The molecular formula is C21H24Cl3N3O2. The summed E-state index contributed by atoms with van der Waals surface area (Å²) < 4.78 is 0. The third kappa shape index (κ3) is 6.61. The molecule has 0 bridgehead atoms. The maximum absolute atomic E-state index is 12.3. The van der Waals surface area contributed by atoms with Gasteiger partial charge in [0, 0.05) is 16.6 Å². The highest BCUT2D eigenvalue weighted by atomic mass is 35.5. The number of nitrogens with zero attached hydrogens (tertiary/aromatic N) is 1. The summed E-state index contributed by atoms with van der Waals surface area (Å²) in [5, 5.41) is 6.78. The van der Waals surface area contributed by atoms with Gasteiger partial charge in [-0.3, -0.25) is 14.5 Å². The Hall–Kier alpha value is -1.79. The molecule has 1 unspecified atom stereocenters. The summed E-state index contributed by atoms with van der Waals surface area (Å²) in [4.78, 5) is 26.8. The average Bonchev–Trinajstić information content (AvgIpc) is 2.70. The lowest BCUT2D eigenvalue weighted by Crippen LogP contribution is -2.42. The van der Waals surface area contributed by atoms with Crippen LogP contribution in [-0.4, -0.2) is 42.9 Å². The fourth-order valence-corrected chi connectivity index (χ4v) is 3.80. The summed E-state index contributed by atoms with van der Waals surface area (Å²) in [6.45, 7) is 5.96. The number of hydrogen-bond donors (Lipinski definition) is 2. The standard InChI is InChI=1S/C21H24Cl3N3O2/c1-3-27(4-2)19(15-7-5-6-8-17(15)23)12-25-20(28)13-26-21(29)16-10-9-14(22)11-18(16)24/h5-11,19H,3-4,12-13H2,1-2H3,(H,25,28)(H,26,29). The van der Waals surface area contributed by atoms with Crippen LogP contribution in [0.5, 0.6) is 0 Å². The van der Waals surface area contributed by atoms with E-state index in [0.717, 1.165) is 18.7 Å². The van der Waals surface area contributed by atoms with Crippen molar-refractivity contribution in [3.63, 3.8) is 0 Å². The van der Waals surface area contributed by atoms with E-state index in [-0.39, 0.29) is 29.1 Å². The predicted octanol–water partition coefficient (Wildman–Crippen LogP) is 4.58. The SMILES string of the molecule is CCN(CC)C(CNC(=O)CNC(=O)c1ccc(Cl)cc1Cl)c1ccccc1Cl. The number of likely N-dealkylation sites (N-methyl/N-ethyl adjacent to an activating group) is 1. The van der Waals surface area contributed by atoms with Crippen LogP contribution < -0.4 is 10.6 Å². The van der Waals surface area contributed by atoms with Crippen LogP contribution in [0.15, 0.2) is 42.5 Å². The molecule has 29 heavy (non-hydrogen) atoms. The molecule has 0 spiro atoms. The van der Waals surface area contributed by atoms with Crippen molar-refractivity contribution in [3.8, 4) is 0 Å². The Morgan fingerprint density at radius 3 is 2.28 bits per heavy atom. The summed E-state index contributed by atoms with van der Waals surface area (Å²) in [7, 11) is 0. The molecule has 0 radical (unpaired) electrons. The van der Waals surface area contributed by atoms with E-state index >= 15 is 0 Å². The minimum absolute atomic E-state index is 0.0657. The quantitative estimate of drug-likeness (QED) is 0.581. The molecule has 0 aliphatic rings. The largest absolute Gasteiger partial charge is 0.353 e. The first kappa shape index (κ1) is 23.5. The highest BCUT2D eigenvalue weighted by Crippen LogP contribution is 2.27. The Labute approximate surface area is 186 Å². The van der Waals surface area contributed by atoms with E-state index in [4.69, 9.17) is 34.8 Å². The van der Waals surface area contributed by atoms with Gasteiger partial charge in [-0.1, -0.05) is 66.8 Å². The number of carbonyl (C=O) groups is 2. The number of rotatable bonds is 9. The third-order valence-electron chi connectivity index (χ3n) is 4.60. The topological polar surface area (TPSA) is 61.4 Å². The van der Waals surface area contributed by atoms with Gasteiger partial charge in [-0.25, -0.2) is 0 Å². The number of hydrogen-bond acceptors (Lipinski definition) is 3. The zero-order valence-corrected chi connectivity index (χ0v) is 18.6. The van der Waals surface area contributed by atoms with E-state index in [0.29, 0.717) is 16.6 Å². The van der Waals surface area contributed by atoms with Gasteiger partial charge in [-0.05, 0) is 42.9 Å². The van der Waals surface area contributed by atoms with Crippen molar-refractivity contribution in [3.05, 3.63) is 68.7 Å². The Morgan fingerprint density at radius 1 is 0.966 bits per heavy atom. The van der Waals surface area contributed by atoms with Crippen LogP contribution in [-0.2, 0) is 4.79 Å². The van der Waals surface area contributed by atoms with Crippen molar-refractivity contribution < 1.29 is 9.59 Å². The van der Waals surface area contributed by atoms with Gasteiger partial charge in [0.25, 0.3) is 5.91 Å². The molecule has 5 nitrogen and oxygen atoms in total. The van der Waals surface area contributed by atoms with Crippen LogP contribution in [0.3, 0.4) is 0 Å². The summed E-state index contributed by atoms with van der Waals surface area (Å²) in [5.74, 6) is -0.735. The molecule has 0 fully saturated rings. The normalized spacial score (nSPS) is 11.9. The second-order valence-electron chi connectivity index (χ2n) is 6.37. The summed E-state index contributed by atoms with van der Waals surface area (Å²) in [6.07, 6.45) is 0. The van der Waals surface area contributed by atoms with E-state index < -0.39 is 5.91 Å². The predicted molar refractivity (Wildman–Crippen MR) is 119 cm³/mol. The summed E-state index contributed by atoms with van der Waals surface area (Å²) in [6, 6.07) is 12.1. The van der Waals surface area contributed by atoms with E-state index in [9.17, 15) is 9.59 Å². The molecule has 0 aliphatic heterocycles. The number of amides is 2. The fraction of sp³-hybridized carbons (Fsp3) is 0.333. The van der Waals surface area contributed by atoms with Gasteiger partial charge >= 0.3 is 0 Å². The van der Waals surface area contributed by atoms with Gasteiger partial charge in [-0.15, -0.1) is 0 Å². The second-order valence-corrected chi connectivity index (χ2v) is 7.62. The number of benzene rings is 2. The fourth-order valence-electron chi connectivity index (χ4n) is 3.05. The van der Waals surface area contributed by atoms with Crippen molar-refractivity contribution in [1.82, 2.24) is 15.5 Å². The maximum Gasteiger partial charge on any atom is 0.253 e. The number of nitrogens with one attached hydrogen (secondary N) is 2. The van der Waals surface area contributed by atoms with Crippen LogP contribution in [0, 0.1) is 0 Å². The monoisotopic (exact) mass is 455 g/mol. The average molecular weight is 457 g/mol. The Balaban J connectivity index is 1.97. The van der Waals surface area contributed by atoms with Crippen molar-refractivity contribution in [2.45, 2.75) is 19.9 Å². The smallest absolute Gasteiger partial charge is 0.253 e. The lowest BCUT2D eigenvalue weighted by Gasteiger charge is -2.31. The highest BCUT2D eigenvalue weighted by molar-refractivity contribution is 6.36. The second kappa shape index (κ2) is 11.4. The molecule has 1 atom stereocenters. The molecule has 2 rings (SSSR count). The highest BCUT2D eigenvalue weighted by Gasteiger charge is 2.21. The van der Waals surface area contributed by atoms with Crippen LogP contribution in [0.1, 0.15) is 35.8 Å². The van der Waals surface area contributed by atoms with E-state index in [2.05, 4.69) is 29.4 Å². The van der Waals surface area contributed by atoms with Gasteiger partial charge < -0.3 is 10.6 Å². The van der Waals surface area contributed by atoms with Crippen molar-refractivity contribution >= 4 is 46.6 Å². The van der Waals surface area contributed by atoms with Crippen molar-refractivity contribution in [1.29, 1.82) is 0 Å². The molecule has 0 aromatic heterocycles. The molecule has 2 aromatic carbocycles. The van der Waals surface area contributed by atoms with Crippen LogP contribution in [0.25, 0.3) is 0 Å². The van der Waals surface area contributed by atoms with Crippen LogP contribution in [0.2, 0.25) is 15.1 Å². The van der Waals surface area contributed by atoms with Gasteiger partial charge in [-0.2, -0.15) is 0 Å². The molecule has 0 saturated heterocycles. The summed E-state index contributed by atoms with van der Waals surface area (Å²) in [5.41, 5.74) is 1.22. The molecule has 156 valence electrons. The van der Waals surface area contributed by atoms with Crippen LogP contribution in [0.4, 0.5) is 0 Å². The molecule has 0 saturated carbocycles. The van der Waals surface area contributed by atoms with Gasteiger partial charge in [0.2, 0.25) is 5.91 Å². The maximum atomic E-state index is 12.3. The van der Waals surface area contributed by atoms with Gasteiger partial charge in [0.1, 0.15) is 0 Å². The van der Waals surface area contributed by atoms with E-state index in [1.807, 2.05) is 24.3 Å². The number of halogens is 3. The van der Waals surface area contributed by atoms with Gasteiger partial charge in [0.15, 0.2) is 0 Å². The number of carbonyl (C=O) groups excluding carboxylic acids is 2. The van der Waals surface area contributed by atoms with E-state index in [1.54, 1.807) is 6.07 Å². The third-order valence-corrected chi connectivity index (χ3v) is 5.49.